The van der Waals surface area contributed by atoms with E-state index in [1.54, 1.807) is 0 Å². The number of anilines is 1. The fourth-order valence-electron chi connectivity index (χ4n) is 1.33. The van der Waals surface area contributed by atoms with Crippen molar-refractivity contribution in [2.24, 2.45) is 0 Å². The van der Waals surface area contributed by atoms with Gasteiger partial charge in [0.15, 0.2) is 11.6 Å². The van der Waals surface area contributed by atoms with Crippen molar-refractivity contribution in [1.82, 2.24) is 4.98 Å². The van der Waals surface area contributed by atoms with Gasteiger partial charge in [-0.3, -0.25) is 4.79 Å². The van der Waals surface area contributed by atoms with Crippen LogP contribution in [-0.2, 0) is 0 Å². The highest BCUT2D eigenvalue weighted by Crippen LogP contribution is 2.14. The van der Waals surface area contributed by atoms with E-state index in [2.05, 4.69) is 10.3 Å². The van der Waals surface area contributed by atoms with Crippen molar-refractivity contribution in [3.8, 4) is 0 Å². The van der Waals surface area contributed by atoms with E-state index in [1.165, 1.54) is 12.1 Å². The molecule has 18 heavy (non-hydrogen) atoms. The second kappa shape index (κ2) is 4.87. The molecular weight excluding hydrogens is 245 g/mol. The van der Waals surface area contributed by atoms with Crippen molar-refractivity contribution < 1.29 is 18.0 Å². The van der Waals surface area contributed by atoms with E-state index in [4.69, 9.17) is 0 Å². The summed E-state index contributed by atoms with van der Waals surface area (Å²) in [7, 11) is 0. The van der Waals surface area contributed by atoms with Gasteiger partial charge in [-0.05, 0) is 24.3 Å². The van der Waals surface area contributed by atoms with Crippen molar-refractivity contribution >= 4 is 11.6 Å². The predicted octanol–water partition coefficient (Wildman–Crippen LogP) is 2.75. The van der Waals surface area contributed by atoms with Gasteiger partial charge in [0, 0.05) is 0 Å². The first-order valence-electron chi connectivity index (χ1n) is 4.95. The number of benzene rings is 1. The molecule has 2 aromatic rings. The van der Waals surface area contributed by atoms with Crippen molar-refractivity contribution in [2.45, 2.75) is 0 Å². The number of hydrogen-bond acceptors (Lipinski definition) is 2. The molecule has 1 aromatic carbocycles. The van der Waals surface area contributed by atoms with E-state index >= 15 is 0 Å². The topological polar surface area (TPSA) is 42.0 Å². The molecule has 6 heteroatoms. The molecule has 1 heterocycles. The molecule has 0 bridgehead atoms. The molecule has 0 aliphatic carbocycles. The van der Waals surface area contributed by atoms with Gasteiger partial charge in [0.25, 0.3) is 5.91 Å². The van der Waals surface area contributed by atoms with Crippen LogP contribution < -0.4 is 5.32 Å². The molecule has 0 spiro atoms. The molecule has 0 aliphatic rings. The minimum Gasteiger partial charge on any atom is -0.320 e. The average Bonchev–Trinajstić information content (AvgIpc) is 2.35. The smallest absolute Gasteiger partial charge is 0.258 e. The number of rotatable bonds is 2. The lowest BCUT2D eigenvalue weighted by Gasteiger charge is -2.05. The normalized spacial score (nSPS) is 10.2. The van der Waals surface area contributed by atoms with Gasteiger partial charge < -0.3 is 5.32 Å². The summed E-state index contributed by atoms with van der Waals surface area (Å²) in [6.07, 6.45) is 1.07. The summed E-state index contributed by atoms with van der Waals surface area (Å²) in [5.74, 6) is -3.88. The molecule has 1 aromatic heterocycles. The number of pyridine rings is 1. The maximum atomic E-state index is 13.3. The van der Waals surface area contributed by atoms with Crippen LogP contribution in [0.15, 0.2) is 36.5 Å². The third kappa shape index (κ3) is 2.48. The molecule has 1 amide bonds. The van der Waals surface area contributed by atoms with Crippen LogP contribution in [-0.4, -0.2) is 10.9 Å². The predicted molar refractivity (Wildman–Crippen MR) is 58.5 cm³/mol. The summed E-state index contributed by atoms with van der Waals surface area (Å²) in [5.41, 5.74) is -0.246. The van der Waals surface area contributed by atoms with Gasteiger partial charge >= 0.3 is 0 Å². The lowest BCUT2D eigenvalue weighted by Crippen LogP contribution is -2.14. The standard InChI is InChI=1S/C12H7F3N2O/c13-9-3-1-2-8(11(9)15)12(18)17-7-4-5-10(14)16-6-7/h1-6H,(H,17,18). The van der Waals surface area contributed by atoms with Gasteiger partial charge in [0.1, 0.15) is 0 Å². The minimum atomic E-state index is -1.23. The van der Waals surface area contributed by atoms with E-state index in [0.29, 0.717) is 0 Å². The fraction of sp³-hybridized carbons (Fsp3) is 0. The molecule has 0 radical (unpaired) electrons. The number of amides is 1. The molecule has 0 aliphatic heterocycles. The summed E-state index contributed by atoms with van der Waals surface area (Å²) in [4.78, 5) is 14.9. The fourth-order valence-corrected chi connectivity index (χ4v) is 1.33. The van der Waals surface area contributed by atoms with Gasteiger partial charge in [0.2, 0.25) is 5.95 Å². The second-order valence-corrected chi connectivity index (χ2v) is 3.43. The Morgan fingerprint density at radius 2 is 1.89 bits per heavy atom. The van der Waals surface area contributed by atoms with E-state index < -0.39 is 29.1 Å². The molecule has 92 valence electrons. The first kappa shape index (κ1) is 12.1. The van der Waals surface area contributed by atoms with Crippen LogP contribution in [0.1, 0.15) is 10.4 Å². The Morgan fingerprint density at radius 3 is 2.56 bits per heavy atom. The number of aromatic nitrogens is 1. The highest BCUT2D eigenvalue weighted by molar-refractivity contribution is 6.04. The van der Waals surface area contributed by atoms with Gasteiger partial charge in [-0.1, -0.05) is 6.07 Å². The maximum Gasteiger partial charge on any atom is 0.258 e. The Kier molecular flexibility index (Phi) is 3.27. The van der Waals surface area contributed by atoms with Crippen LogP contribution in [0.2, 0.25) is 0 Å². The van der Waals surface area contributed by atoms with Crippen molar-refractivity contribution in [3.05, 3.63) is 59.7 Å². The van der Waals surface area contributed by atoms with Crippen LogP contribution >= 0.6 is 0 Å². The highest BCUT2D eigenvalue weighted by Gasteiger charge is 2.15. The van der Waals surface area contributed by atoms with Crippen LogP contribution in [0.3, 0.4) is 0 Å². The molecule has 0 saturated heterocycles. The molecule has 1 N–H and O–H groups in total. The molecular formula is C12H7F3N2O. The zero-order valence-electron chi connectivity index (χ0n) is 8.95. The van der Waals surface area contributed by atoms with Crippen molar-refractivity contribution in [2.75, 3.05) is 5.32 Å². The Morgan fingerprint density at radius 1 is 1.11 bits per heavy atom. The van der Waals surface area contributed by atoms with Gasteiger partial charge in [-0.15, -0.1) is 0 Å². The molecule has 0 saturated carbocycles. The van der Waals surface area contributed by atoms with Crippen molar-refractivity contribution in [1.29, 1.82) is 0 Å². The summed E-state index contributed by atoms with van der Waals surface area (Å²) in [6, 6.07) is 5.57. The van der Waals surface area contributed by atoms with Crippen LogP contribution in [0.25, 0.3) is 0 Å². The highest BCUT2D eigenvalue weighted by atomic mass is 19.2. The Balaban J connectivity index is 2.22. The average molecular weight is 252 g/mol. The number of nitrogens with one attached hydrogen (secondary N) is 1. The lowest BCUT2D eigenvalue weighted by atomic mass is 10.2. The first-order chi connectivity index (χ1) is 8.58. The summed E-state index contributed by atoms with van der Waals surface area (Å²) >= 11 is 0. The third-order valence-electron chi connectivity index (χ3n) is 2.18. The van der Waals surface area contributed by atoms with Gasteiger partial charge in [-0.25, -0.2) is 13.8 Å². The summed E-state index contributed by atoms with van der Waals surface area (Å²) in [5, 5.41) is 2.28. The third-order valence-corrected chi connectivity index (χ3v) is 2.18. The second-order valence-electron chi connectivity index (χ2n) is 3.43. The van der Waals surface area contributed by atoms with Gasteiger partial charge in [0.05, 0.1) is 17.4 Å². The Bertz CT molecular complexity index is 584. The van der Waals surface area contributed by atoms with E-state index in [1.807, 2.05) is 0 Å². The SMILES string of the molecule is O=C(Nc1ccc(F)nc1)c1cccc(F)c1F. The number of nitrogens with zero attached hydrogens (tertiary/aromatic N) is 1. The lowest BCUT2D eigenvalue weighted by molar-refractivity contribution is 0.102. The van der Waals surface area contributed by atoms with E-state index in [0.717, 1.165) is 24.4 Å². The number of halogens is 3. The van der Waals surface area contributed by atoms with Crippen LogP contribution in [0, 0.1) is 17.6 Å². The van der Waals surface area contributed by atoms with Crippen molar-refractivity contribution in [3.63, 3.8) is 0 Å². The Labute approximate surface area is 100 Å². The monoisotopic (exact) mass is 252 g/mol. The molecule has 3 nitrogen and oxygen atoms in total. The summed E-state index contributed by atoms with van der Waals surface area (Å²) < 4.78 is 38.8. The van der Waals surface area contributed by atoms with Crippen LogP contribution in [0.5, 0.6) is 0 Å². The molecule has 2 rings (SSSR count). The minimum absolute atomic E-state index is 0.185. The largest absolute Gasteiger partial charge is 0.320 e. The Hall–Kier alpha value is -2.37. The quantitative estimate of drug-likeness (QED) is 0.835. The number of carbonyl (C=O) groups excluding carboxylic acids is 1. The molecule has 0 unspecified atom stereocenters. The zero-order valence-corrected chi connectivity index (χ0v) is 8.95. The molecule has 0 fully saturated rings. The van der Waals surface area contributed by atoms with Gasteiger partial charge in [-0.2, -0.15) is 4.39 Å². The van der Waals surface area contributed by atoms with E-state index in [-0.39, 0.29) is 5.69 Å². The number of carbonyl (C=O) groups is 1. The summed E-state index contributed by atoms with van der Waals surface area (Å²) in [6.45, 7) is 0. The number of hydrogen-bond donors (Lipinski definition) is 1. The maximum absolute atomic E-state index is 13.3. The zero-order chi connectivity index (χ0) is 13.1. The van der Waals surface area contributed by atoms with Crippen LogP contribution in [0.4, 0.5) is 18.9 Å². The first-order valence-corrected chi connectivity index (χ1v) is 4.95. The van der Waals surface area contributed by atoms with E-state index in [9.17, 15) is 18.0 Å². The molecule has 0 atom stereocenters.